The summed E-state index contributed by atoms with van der Waals surface area (Å²) in [7, 11) is 0. The van der Waals surface area contributed by atoms with E-state index in [1.807, 2.05) is 36.5 Å². The summed E-state index contributed by atoms with van der Waals surface area (Å²) >= 11 is 0. The second-order valence-corrected chi connectivity index (χ2v) is 6.58. The van der Waals surface area contributed by atoms with Gasteiger partial charge in [-0.25, -0.2) is 9.97 Å². The van der Waals surface area contributed by atoms with Crippen molar-refractivity contribution in [2.75, 3.05) is 5.32 Å². The standard InChI is InChI=1S/C19H21N3O/c23-16-11-10-14-12-20-19(21-15-8-2-1-3-9-15)22-18(14)17(16)13-6-4-5-7-13/h1-3,8-9,12-13,17H,4-7,10-11H2,(H,20,21,22). The van der Waals surface area contributed by atoms with E-state index in [4.69, 9.17) is 4.98 Å². The summed E-state index contributed by atoms with van der Waals surface area (Å²) in [5.74, 6) is 1.42. The molecule has 1 aromatic heterocycles. The fourth-order valence-electron chi connectivity index (χ4n) is 3.94. The molecule has 1 aromatic carbocycles. The van der Waals surface area contributed by atoms with E-state index in [9.17, 15) is 4.79 Å². The van der Waals surface area contributed by atoms with Crippen molar-refractivity contribution in [2.45, 2.75) is 44.4 Å². The van der Waals surface area contributed by atoms with Crippen molar-refractivity contribution in [3.8, 4) is 0 Å². The lowest BCUT2D eigenvalue weighted by Gasteiger charge is -2.28. The molecule has 4 rings (SSSR count). The maximum atomic E-state index is 12.5. The third-order valence-electron chi connectivity index (χ3n) is 5.08. The molecule has 0 saturated heterocycles. The molecule has 1 N–H and O–H groups in total. The van der Waals surface area contributed by atoms with Crippen molar-refractivity contribution < 1.29 is 4.79 Å². The van der Waals surface area contributed by atoms with E-state index < -0.39 is 0 Å². The van der Waals surface area contributed by atoms with Crippen LogP contribution in [0.1, 0.15) is 49.3 Å². The zero-order valence-corrected chi connectivity index (χ0v) is 13.2. The van der Waals surface area contributed by atoms with Gasteiger partial charge in [0.15, 0.2) is 0 Å². The average Bonchev–Trinajstić information content (AvgIpc) is 3.09. The fraction of sp³-hybridized carbons (Fsp3) is 0.421. The summed E-state index contributed by atoms with van der Waals surface area (Å²) in [5, 5.41) is 3.25. The number of hydrogen-bond acceptors (Lipinski definition) is 4. The summed E-state index contributed by atoms with van der Waals surface area (Å²) in [6.45, 7) is 0. The van der Waals surface area contributed by atoms with Crippen LogP contribution >= 0.6 is 0 Å². The number of aromatic nitrogens is 2. The van der Waals surface area contributed by atoms with Crippen LogP contribution in [-0.2, 0) is 11.2 Å². The Morgan fingerprint density at radius 2 is 1.83 bits per heavy atom. The normalized spacial score (nSPS) is 21.2. The Labute approximate surface area is 136 Å². The van der Waals surface area contributed by atoms with Crippen LogP contribution in [0.25, 0.3) is 0 Å². The summed E-state index contributed by atoms with van der Waals surface area (Å²) < 4.78 is 0. The zero-order valence-electron chi connectivity index (χ0n) is 13.2. The topological polar surface area (TPSA) is 54.9 Å². The largest absolute Gasteiger partial charge is 0.324 e. The Morgan fingerprint density at radius 3 is 2.61 bits per heavy atom. The molecule has 118 valence electrons. The van der Waals surface area contributed by atoms with E-state index in [0.29, 0.717) is 24.1 Å². The van der Waals surface area contributed by atoms with Gasteiger partial charge in [-0.05, 0) is 42.9 Å². The van der Waals surface area contributed by atoms with Gasteiger partial charge >= 0.3 is 0 Å². The van der Waals surface area contributed by atoms with E-state index in [1.165, 1.54) is 12.8 Å². The number of ketones is 1. The molecule has 2 aromatic rings. The predicted octanol–water partition coefficient (Wildman–Crippen LogP) is 4.01. The van der Waals surface area contributed by atoms with Crippen molar-refractivity contribution in [2.24, 2.45) is 5.92 Å². The summed E-state index contributed by atoms with van der Waals surface area (Å²) in [4.78, 5) is 21.7. The number of carbonyl (C=O) groups excluding carboxylic acids is 1. The van der Waals surface area contributed by atoms with Crippen LogP contribution < -0.4 is 5.32 Å². The average molecular weight is 307 g/mol. The van der Waals surface area contributed by atoms with Crippen LogP contribution in [0.2, 0.25) is 0 Å². The lowest BCUT2D eigenvalue weighted by atomic mass is 9.77. The number of carbonyl (C=O) groups is 1. The lowest BCUT2D eigenvalue weighted by Crippen LogP contribution is -2.27. The SMILES string of the molecule is O=C1CCc2cnc(Nc3ccccc3)nc2C1C1CCCC1. The number of hydrogen-bond donors (Lipinski definition) is 1. The van der Waals surface area contributed by atoms with E-state index in [-0.39, 0.29) is 5.92 Å². The number of fused-ring (bicyclic) bond motifs is 1. The molecule has 4 heteroatoms. The van der Waals surface area contributed by atoms with Crippen LogP contribution in [0.4, 0.5) is 11.6 Å². The lowest BCUT2D eigenvalue weighted by molar-refractivity contribution is -0.122. The first-order valence-electron chi connectivity index (χ1n) is 8.52. The molecule has 2 aliphatic carbocycles. The molecule has 0 amide bonds. The second-order valence-electron chi connectivity index (χ2n) is 6.58. The molecule has 23 heavy (non-hydrogen) atoms. The van der Waals surface area contributed by atoms with Crippen LogP contribution in [0.5, 0.6) is 0 Å². The second kappa shape index (κ2) is 6.11. The van der Waals surface area contributed by atoms with Gasteiger partial charge in [0.25, 0.3) is 0 Å². The summed E-state index contributed by atoms with van der Waals surface area (Å²) in [6, 6.07) is 9.91. The minimum Gasteiger partial charge on any atom is -0.324 e. The molecule has 0 radical (unpaired) electrons. The molecule has 0 spiro atoms. The summed E-state index contributed by atoms with van der Waals surface area (Å²) in [5.41, 5.74) is 3.09. The Balaban J connectivity index is 1.66. The number of aryl methyl sites for hydroxylation is 1. The number of nitrogens with one attached hydrogen (secondary N) is 1. The molecule has 1 saturated carbocycles. The number of para-hydroxylation sites is 1. The van der Waals surface area contributed by atoms with Gasteiger partial charge in [0.05, 0.1) is 11.6 Å². The highest BCUT2D eigenvalue weighted by Gasteiger charge is 2.37. The minimum atomic E-state index is -0.0134. The highest BCUT2D eigenvalue weighted by molar-refractivity contribution is 5.88. The monoisotopic (exact) mass is 307 g/mol. The van der Waals surface area contributed by atoms with Crippen molar-refractivity contribution in [3.63, 3.8) is 0 Å². The maximum absolute atomic E-state index is 12.5. The molecule has 0 bridgehead atoms. The van der Waals surface area contributed by atoms with Gasteiger partial charge in [0.2, 0.25) is 5.95 Å². The molecule has 1 unspecified atom stereocenters. The van der Waals surface area contributed by atoms with Gasteiger partial charge in [-0.1, -0.05) is 31.0 Å². The summed E-state index contributed by atoms with van der Waals surface area (Å²) in [6.07, 6.45) is 8.12. The Morgan fingerprint density at radius 1 is 1.04 bits per heavy atom. The molecule has 1 heterocycles. The van der Waals surface area contributed by atoms with Crippen molar-refractivity contribution in [3.05, 3.63) is 47.8 Å². The number of benzene rings is 1. The predicted molar refractivity (Wildman–Crippen MR) is 89.8 cm³/mol. The van der Waals surface area contributed by atoms with Gasteiger partial charge in [-0.2, -0.15) is 0 Å². The molecular formula is C19H21N3O. The highest BCUT2D eigenvalue weighted by atomic mass is 16.1. The van der Waals surface area contributed by atoms with Crippen LogP contribution in [0.3, 0.4) is 0 Å². The van der Waals surface area contributed by atoms with Gasteiger partial charge in [-0.15, -0.1) is 0 Å². The molecule has 0 aliphatic heterocycles. The molecule has 4 nitrogen and oxygen atoms in total. The number of rotatable bonds is 3. The van der Waals surface area contributed by atoms with Gasteiger partial charge < -0.3 is 5.32 Å². The Kier molecular flexibility index (Phi) is 3.82. The Bertz CT molecular complexity index is 708. The first-order valence-corrected chi connectivity index (χ1v) is 8.52. The molecule has 1 fully saturated rings. The third-order valence-corrected chi connectivity index (χ3v) is 5.08. The number of nitrogens with zero attached hydrogens (tertiary/aromatic N) is 2. The minimum absolute atomic E-state index is 0.0134. The molecule has 2 aliphatic rings. The van der Waals surface area contributed by atoms with Crippen molar-refractivity contribution in [1.82, 2.24) is 9.97 Å². The van der Waals surface area contributed by atoms with Crippen LogP contribution in [0, 0.1) is 5.92 Å². The van der Waals surface area contributed by atoms with E-state index in [2.05, 4.69) is 10.3 Å². The van der Waals surface area contributed by atoms with Gasteiger partial charge in [0, 0.05) is 18.3 Å². The van der Waals surface area contributed by atoms with E-state index >= 15 is 0 Å². The Hall–Kier alpha value is -2.23. The smallest absolute Gasteiger partial charge is 0.227 e. The van der Waals surface area contributed by atoms with E-state index in [1.54, 1.807) is 0 Å². The fourth-order valence-corrected chi connectivity index (χ4v) is 3.94. The van der Waals surface area contributed by atoms with Gasteiger partial charge in [-0.3, -0.25) is 4.79 Å². The number of anilines is 2. The van der Waals surface area contributed by atoms with Crippen LogP contribution in [0.15, 0.2) is 36.5 Å². The zero-order chi connectivity index (χ0) is 15.6. The maximum Gasteiger partial charge on any atom is 0.227 e. The van der Waals surface area contributed by atoms with E-state index in [0.717, 1.165) is 36.2 Å². The highest BCUT2D eigenvalue weighted by Crippen LogP contribution is 2.41. The van der Waals surface area contributed by atoms with Crippen LogP contribution in [-0.4, -0.2) is 15.8 Å². The molecular weight excluding hydrogens is 286 g/mol. The first-order chi connectivity index (χ1) is 11.3. The third kappa shape index (κ3) is 2.85. The van der Waals surface area contributed by atoms with Crippen molar-refractivity contribution >= 4 is 17.4 Å². The van der Waals surface area contributed by atoms with Crippen molar-refractivity contribution in [1.29, 1.82) is 0 Å². The molecule has 1 atom stereocenters. The number of Topliss-reactive ketones (excluding diaryl/α,β-unsaturated/α-hetero) is 1. The quantitative estimate of drug-likeness (QED) is 0.931. The first kappa shape index (κ1) is 14.4. The van der Waals surface area contributed by atoms with Gasteiger partial charge in [0.1, 0.15) is 5.78 Å².